The van der Waals surface area contributed by atoms with E-state index >= 15 is 0 Å². The highest BCUT2D eigenvalue weighted by atomic mass is 16.5. The Kier molecular flexibility index (Phi) is 5.72. The number of esters is 1. The Morgan fingerprint density at radius 1 is 1.50 bits per heavy atom. The van der Waals surface area contributed by atoms with Crippen LogP contribution in [0.3, 0.4) is 0 Å². The molecule has 0 rings (SSSR count). The molecule has 0 heterocycles. The van der Waals surface area contributed by atoms with Gasteiger partial charge in [0.25, 0.3) is 0 Å². The third-order valence-corrected chi connectivity index (χ3v) is 1.94. The van der Waals surface area contributed by atoms with Gasteiger partial charge in [0.2, 0.25) is 0 Å². The zero-order valence-corrected chi connectivity index (χ0v) is 9.50. The fraction of sp³-hybridized carbons (Fsp3) is 0.900. The van der Waals surface area contributed by atoms with E-state index in [1.807, 2.05) is 13.8 Å². The number of ether oxygens (including phenoxy) is 2. The molecule has 2 N–H and O–H groups in total. The van der Waals surface area contributed by atoms with E-state index in [0.717, 1.165) is 6.42 Å². The van der Waals surface area contributed by atoms with Crippen molar-refractivity contribution in [1.29, 1.82) is 0 Å². The van der Waals surface area contributed by atoms with Gasteiger partial charge in [-0.15, -0.1) is 0 Å². The largest absolute Gasteiger partial charge is 0.468 e. The number of carbonyl (C=O) groups excluding carboxylic acids is 1. The normalized spacial score (nSPS) is 15.3. The van der Waals surface area contributed by atoms with Gasteiger partial charge in [0.05, 0.1) is 13.2 Å². The third kappa shape index (κ3) is 5.19. The van der Waals surface area contributed by atoms with Crippen LogP contribution in [-0.4, -0.2) is 31.3 Å². The first-order valence-electron chi connectivity index (χ1n) is 4.89. The number of rotatable bonds is 6. The van der Waals surface area contributed by atoms with Gasteiger partial charge in [0, 0.05) is 6.61 Å². The van der Waals surface area contributed by atoms with Crippen LogP contribution >= 0.6 is 0 Å². The lowest BCUT2D eigenvalue weighted by Crippen LogP contribution is -2.45. The maximum Gasteiger partial charge on any atom is 0.325 e. The molecule has 4 nitrogen and oxygen atoms in total. The van der Waals surface area contributed by atoms with Crippen molar-refractivity contribution < 1.29 is 14.3 Å². The summed E-state index contributed by atoms with van der Waals surface area (Å²) in [7, 11) is 1.35. The van der Waals surface area contributed by atoms with Crippen molar-refractivity contribution >= 4 is 5.97 Å². The molecule has 1 atom stereocenters. The van der Waals surface area contributed by atoms with E-state index in [-0.39, 0.29) is 12.1 Å². The number of nitrogens with two attached hydrogens (primary N) is 1. The Morgan fingerprint density at radius 3 is 2.50 bits per heavy atom. The second kappa shape index (κ2) is 5.98. The molecular formula is C10H21NO3. The lowest BCUT2D eigenvalue weighted by Gasteiger charge is -2.21. The van der Waals surface area contributed by atoms with E-state index in [1.165, 1.54) is 7.11 Å². The van der Waals surface area contributed by atoms with E-state index in [1.54, 1.807) is 6.92 Å². The van der Waals surface area contributed by atoms with Gasteiger partial charge in [-0.1, -0.05) is 0 Å². The fourth-order valence-electron chi connectivity index (χ4n) is 1.09. The number of hydrogen-bond acceptors (Lipinski definition) is 4. The number of hydrogen-bond donors (Lipinski definition) is 1. The Labute approximate surface area is 85.8 Å². The van der Waals surface area contributed by atoms with E-state index in [2.05, 4.69) is 4.74 Å². The van der Waals surface area contributed by atoms with Crippen molar-refractivity contribution in [3.63, 3.8) is 0 Å². The SMILES string of the molecule is COC(=O)C(C)(N)CCCOC(C)C. The van der Waals surface area contributed by atoms with Crippen molar-refractivity contribution in [3.8, 4) is 0 Å². The van der Waals surface area contributed by atoms with E-state index < -0.39 is 5.54 Å². The average Bonchev–Trinajstić information content (AvgIpc) is 2.10. The van der Waals surface area contributed by atoms with E-state index in [0.29, 0.717) is 13.0 Å². The molecule has 0 spiro atoms. The Bertz CT molecular complexity index is 178. The highest BCUT2D eigenvalue weighted by Gasteiger charge is 2.28. The number of carbonyl (C=O) groups is 1. The van der Waals surface area contributed by atoms with Crippen LogP contribution in [0.2, 0.25) is 0 Å². The van der Waals surface area contributed by atoms with Gasteiger partial charge in [0.15, 0.2) is 0 Å². The van der Waals surface area contributed by atoms with Gasteiger partial charge in [-0.2, -0.15) is 0 Å². The molecular weight excluding hydrogens is 182 g/mol. The first-order valence-corrected chi connectivity index (χ1v) is 4.89. The summed E-state index contributed by atoms with van der Waals surface area (Å²) in [6.45, 7) is 6.25. The second-order valence-corrected chi connectivity index (χ2v) is 3.93. The lowest BCUT2D eigenvalue weighted by atomic mass is 9.98. The van der Waals surface area contributed by atoms with Crippen LogP contribution in [0.25, 0.3) is 0 Å². The Morgan fingerprint density at radius 2 is 2.07 bits per heavy atom. The van der Waals surface area contributed by atoms with E-state index in [4.69, 9.17) is 10.5 Å². The Balaban J connectivity index is 3.71. The maximum atomic E-state index is 11.2. The van der Waals surface area contributed by atoms with Crippen LogP contribution in [0.15, 0.2) is 0 Å². The predicted octanol–water partition coefficient (Wildman–Crippen LogP) is 1.08. The average molecular weight is 203 g/mol. The highest BCUT2D eigenvalue weighted by molar-refractivity contribution is 5.79. The zero-order chi connectivity index (χ0) is 11.2. The van der Waals surface area contributed by atoms with Gasteiger partial charge in [-0.3, -0.25) is 4.79 Å². The molecule has 0 fully saturated rings. The molecule has 84 valence electrons. The Hall–Kier alpha value is -0.610. The first-order chi connectivity index (χ1) is 6.40. The van der Waals surface area contributed by atoms with Crippen LogP contribution in [0.4, 0.5) is 0 Å². The first kappa shape index (κ1) is 13.4. The minimum Gasteiger partial charge on any atom is -0.468 e. The zero-order valence-electron chi connectivity index (χ0n) is 9.50. The molecule has 4 heteroatoms. The summed E-state index contributed by atoms with van der Waals surface area (Å²) in [4.78, 5) is 11.2. The van der Waals surface area contributed by atoms with Gasteiger partial charge < -0.3 is 15.2 Å². The van der Waals surface area contributed by atoms with Gasteiger partial charge in [-0.05, 0) is 33.6 Å². The highest BCUT2D eigenvalue weighted by Crippen LogP contribution is 2.10. The second-order valence-electron chi connectivity index (χ2n) is 3.93. The minimum atomic E-state index is -0.894. The van der Waals surface area contributed by atoms with Crippen molar-refractivity contribution in [1.82, 2.24) is 0 Å². The van der Waals surface area contributed by atoms with Crippen molar-refractivity contribution in [2.45, 2.75) is 45.3 Å². The van der Waals surface area contributed by atoms with Gasteiger partial charge in [-0.25, -0.2) is 0 Å². The molecule has 14 heavy (non-hydrogen) atoms. The predicted molar refractivity (Wildman–Crippen MR) is 54.9 cm³/mol. The maximum absolute atomic E-state index is 11.2. The summed E-state index contributed by atoms with van der Waals surface area (Å²) >= 11 is 0. The molecule has 0 bridgehead atoms. The monoisotopic (exact) mass is 203 g/mol. The van der Waals surface area contributed by atoms with Crippen molar-refractivity contribution in [3.05, 3.63) is 0 Å². The lowest BCUT2D eigenvalue weighted by molar-refractivity contribution is -0.146. The fourth-order valence-corrected chi connectivity index (χ4v) is 1.09. The summed E-state index contributed by atoms with van der Waals surface area (Å²) in [6, 6.07) is 0. The quantitative estimate of drug-likeness (QED) is 0.518. The van der Waals surface area contributed by atoms with Crippen molar-refractivity contribution in [2.24, 2.45) is 5.73 Å². The molecule has 0 aromatic heterocycles. The molecule has 1 unspecified atom stereocenters. The molecule has 0 radical (unpaired) electrons. The van der Waals surface area contributed by atoms with Gasteiger partial charge in [0.1, 0.15) is 5.54 Å². The van der Waals surface area contributed by atoms with Crippen LogP contribution < -0.4 is 5.73 Å². The van der Waals surface area contributed by atoms with Crippen LogP contribution in [-0.2, 0) is 14.3 Å². The standard InChI is InChI=1S/C10H21NO3/c1-8(2)14-7-5-6-10(3,11)9(12)13-4/h8H,5-7,11H2,1-4H3. The topological polar surface area (TPSA) is 61.5 Å². The van der Waals surface area contributed by atoms with E-state index in [9.17, 15) is 4.79 Å². The number of methoxy groups -OCH3 is 1. The van der Waals surface area contributed by atoms with Gasteiger partial charge >= 0.3 is 5.97 Å². The summed E-state index contributed by atoms with van der Waals surface area (Å²) in [5.74, 6) is -0.373. The minimum absolute atomic E-state index is 0.220. The summed E-state index contributed by atoms with van der Waals surface area (Å²) in [5.41, 5.74) is 4.86. The summed E-state index contributed by atoms with van der Waals surface area (Å²) < 4.78 is 9.93. The molecule has 0 aliphatic rings. The van der Waals surface area contributed by atoms with Crippen molar-refractivity contribution in [2.75, 3.05) is 13.7 Å². The summed E-state index contributed by atoms with van der Waals surface area (Å²) in [6.07, 6.45) is 1.56. The molecule has 0 saturated heterocycles. The van der Waals surface area contributed by atoms with Crippen LogP contribution in [0.1, 0.15) is 33.6 Å². The molecule has 0 aromatic carbocycles. The van der Waals surface area contributed by atoms with Crippen LogP contribution in [0.5, 0.6) is 0 Å². The molecule has 0 aromatic rings. The molecule has 0 saturated carbocycles. The summed E-state index contributed by atoms with van der Waals surface area (Å²) in [5, 5.41) is 0. The molecule has 0 aliphatic carbocycles. The smallest absolute Gasteiger partial charge is 0.325 e. The third-order valence-electron chi connectivity index (χ3n) is 1.94. The molecule has 0 aliphatic heterocycles. The molecule has 0 amide bonds. The van der Waals surface area contributed by atoms with Crippen LogP contribution in [0, 0.1) is 0 Å².